The highest BCUT2D eigenvalue weighted by Gasteiger charge is 2.17. The molecule has 1 rings (SSSR count). The van der Waals surface area contributed by atoms with E-state index in [2.05, 4.69) is 13.8 Å². The summed E-state index contributed by atoms with van der Waals surface area (Å²) in [6.07, 6.45) is 2.64. The van der Waals surface area contributed by atoms with Gasteiger partial charge >= 0.3 is 14.2 Å². The van der Waals surface area contributed by atoms with Gasteiger partial charge in [-0.3, -0.25) is 0 Å². The Balaban J connectivity index is 0.000000557. The molecule has 1 aromatic rings. The van der Waals surface area contributed by atoms with Gasteiger partial charge in [-0.15, -0.1) is 0 Å². The summed E-state index contributed by atoms with van der Waals surface area (Å²) in [5.41, 5.74) is 1.25. The average molecular weight is 238 g/mol. The van der Waals surface area contributed by atoms with Gasteiger partial charge in [0.2, 0.25) is 0 Å². The van der Waals surface area contributed by atoms with Gasteiger partial charge in [-0.05, 0) is 17.8 Å². The first kappa shape index (κ1) is 16.2. The molecule has 0 aliphatic heterocycles. The van der Waals surface area contributed by atoms with E-state index in [4.69, 9.17) is 20.1 Å². The highest BCUT2D eigenvalue weighted by molar-refractivity contribution is 6.62. The lowest BCUT2D eigenvalue weighted by molar-refractivity contribution is 0.425. The third-order valence-corrected chi connectivity index (χ3v) is 2.22. The third-order valence-electron chi connectivity index (χ3n) is 2.22. The van der Waals surface area contributed by atoms with Gasteiger partial charge in [-0.25, -0.2) is 0 Å². The van der Waals surface area contributed by atoms with E-state index in [0.29, 0.717) is 0 Å². The molecule has 0 atom stereocenters. The van der Waals surface area contributed by atoms with Crippen molar-refractivity contribution >= 4 is 25.2 Å². The van der Waals surface area contributed by atoms with Crippen LogP contribution in [0, 0.1) is 6.92 Å². The van der Waals surface area contributed by atoms with Gasteiger partial charge in [0.25, 0.3) is 0 Å². The summed E-state index contributed by atoms with van der Waals surface area (Å²) < 4.78 is 0. The SMILES string of the molecule is CCCC.Cc1cc(B(O)O)cc(B(O)O)c1. The van der Waals surface area contributed by atoms with Gasteiger partial charge in [-0.2, -0.15) is 0 Å². The van der Waals surface area contributed by atoms with Crippen molar-refractivity contribution in [3.63, 3.8) is 0 Å². The van der Waals surface area contributed by atoms with E-state index in [9.17, 15) is 0 Å². The Morgan fingerprint density at radius 1 is 0.824 bits per heavy atom. The minimum Gasteiger partial charge on any atom is -0.423 e. The number of benzene rings is 1. The van der Waals surface area contributed by atoms with Crippen LogP contribution in [-0.2, 0) is 0 Å². The van der Waals surface area contributed by atoms with Crippen LogP contribution < -0.4 is 10.9 Å². The Morgan fingerprint density at radius 3 is 1.41 bits per heavy atom. The van der Waals surface area contributed by atoms with Crippen molar-refractivity contribution in [2.45, 2.75) is 33.6 Å². The number of hydrogen-bond acceptors (Lipinski definition) is 4. The molecule has 94 valence electrons. The lowest BCUT2D eigenvalue weighted by Crippen LogP contribution is -2.38. The number of aryl methyl sites for hydroxylation is 1. The highest BCUT2D eigenvalue weighted by atomic mass is 16.4. The third kappa shape index (κ3) is 6.48. The molecular weight excluding hydrogens is 218 g/mol. The van der Waals surface area contributed by atoms with Crippen molar-refractivity contribution in [1.29, 1.82) is 0 Å². The molecule has 0 radical (unpaired) electrons. The van der Waals surface area contributed by atoms with Crippen LogP contribution in [0.2, 0.25) is 0 Å². The molecule has 6 heteroatoms. The lowest BCUT2D eigenvalue weighted by Gasteiger charge is -2.05. The fraction of sp³-hybridized carbons (Fsp3) is 0.455. The molecule has 0 fully saturated rings. The molecule has 1 aromatic carbocycles. The second kappa shape index (κ2) is 8.31. The Bertz CT molecular complexity index is 301. The maximum atomic E-state index is 8.85. The topological polar surface area (TPSA) is 80.9 Å². The van der Waals surface area contributed by atoms with Gasteiger partial charge < -0.3 is 20.1 Å². The Hall–Kier alpha value is -0.810. The van der Waals surface area contributed by atoms with E-state index in [1.807, 2.05) is 0 Å². The van der Waals surface area contributed by atoms with Crippen LogP contribution in [0.5, 0.6) is 0 Å². The Labute approximate surface area is 103 Å². The maximum absolute atomic E-state index is 8.85. The fourth-order valence-electron chi connectivity index (χ4n) is 1.14. The first-order chi connectivity index (χ1) is 7.92. The van der Waals surface area contributed by atoms with Crippen LogP contribution >= 0.6 is 0 Å². The van der Waals surface area contributed by atoms with Crippen molar-refractivity contribution in [3.8, 4) is 0 Å². The smallest absolute Gasteiger partial charge is 0.423 e. The minimum absolute atomic E-state index is 0.253. The standard InChI is InChI=1S/C7H10B2O4.C4H10/c1-5-2-6(8(10)11)4-7(3-5)9(12)13;1-3-4-2/h2-4,10-13H,1H3;3-4H2,1-2H3. The number of unbranched alkanes of at least 4 members (excludes halogenated alkanes) is 1. The second-order valence-corrected chi connectivity index (χ2v) is 3.92. The number of hydrogen-bond donors (Lipinski definition) is 4. The van der Waals surface area contributed by atoms with Crippen molar-refractivity contribution in [3.05, 3.63) is 23.8 Å². The molecule has 0 unspecified atom stereocenters. The van der Waals surface area contributed by atoms with Crippen molar-refractivity contribution in [2.24, 2.45) is 0 Å². The highest BCUT2D eigenvalue weighted by Crippen LogP contribution is 1.92. The van der Waals surface area contributed by atoms with Crippen LogP contribution in [0.25, 0.3) is 0 Å². The molecule has 0 aliphatic rings. The molecule has 0 saturated heterocycles. The zero-order chi connectivity index (χ0) is 13.4. The lowest BCUT2D eigenvalue weighted by atomic mass is 9.72. The zero-order valence-corrected chi connectivity index (χ0v) is 10.6. The Morgan fingerprint density at radius 2 is 1.18 bits per heavy atom. The van der Waals surface area contributed by atoms with E-state index in [-0.39, 0.29) is 10.9 Å². The fourth-order valence-corrected chi connectivity index (χ4v) is 1.14. The zero-order valence-electron chi connectivity index (χ0n) is 10.6. The molecule has 0 spiro atoms. The van der Waals surface area contributed by atoms with Gasteiger partial charge in [0.05, 0.1) is 0 Å². The van der Waals surface area contributed by atoms with E-state index in [1.165, 1.54) is 18.9 Å². The molecule has 0 bridgehead atoms. The molecular formula is C11H20B2O4. The molecule has 17 heavy (non-hydrogen) atoms. The molecule has 0 amide bonds. The summed E-state index contributed by atoms with van der Waals surface area (Å²) in [7, 11) is -3.17. The van der Waals surface area contributed by atoms with Crippen LogP contribution in [0.3, 0.4) is 0 Å². The molecule has 4 nitrogen and oxygen atoms in total. The molecule has 4 N–H and O–H groups in total. The van der Waals surface area contributed by atoms with Crippen LogP contribution in [-0.4, -0.2) is 34.3 Å². The van der Waals surface area contributed by atoms with E-state index >= 15 is 0 Å². The maximum Gasteiger partial charge on any atom is 0.488 e. The van der Waals surface area contributed by atoms with Crippen molar-refractivity contribution in [1.82, 2.24) is 0 Å². The normalized spacial score (nSPS) is 9.35. The summed E-state index contributed by atoms with van der Waals surface area (Å²) in [6.45, 7) is 6.10. The average Bonchev–Trinajstić information content (AvgIpc) is 2.28. The molecule has 0 aliphatic carbocycles. The summed E-state index contributed by atoms with van der Waals surface area (Å²) in [5, 5.41) is 35.4. The second-order valence-electron chi connectivity index (χ2n) is 3.92. The molecule has 0 saturated carbocycles. The van der Waals surface area contributed by atoms with Gasteiger partial charge in [0.1, 0.15) is 0 Å². The van der Waals surface area contributed by atoms with E-state index in [0.717, 1.165) is 5.56 Å². The predicted octanol–water partition coefficient (Wildman–Crippen LogP) is -0.839. The summed E-state index contributed by atoms with van der Waals surface area (Å²) in [6, 6.07) is 4.47. The van der Waals surface area contributed by atoms with Gasteiger partial charge in [0, 0.05) is 0 Å². The summed E-state index contributed by atoms with van der Waals surface area (Å²) in [4.78, 5) is 0. The number of rotatable bonds is 3. The monoisotopic (exact) mass is 238 g/mol. The minimum atomic E-state index is -1.59. The predicted molar refractivity (Wildman–Crippen MR) is 71.4 cm³/mol. The van der Waals surface area contributed by atoms with Crippen molar-refractivity contribution in [2.75, 3.05) is 0 Å². The first-order valence-corrected chi connectivity index (χ1v) is 5.76. The van der Waals surface area contributed by atoms with E-state index < -0.39 is 14.2 Å². The van der Waals surface area contributed by atoms with Crippen LogP contribution in [0.1, 0.15) is 32.3 Å². The van der Waals surface area contributed by atoms with Crippen LogP contribution in [0.15, 0.2) is 18.2 Å². The van der Waals surface area contributed by atoms with Crippen molar-refractivity contribution < 1.29 is 20.1 Å². The summed E-state index contributed by atoms with van der Waals surface area (Å²) in [5.74, 6) is 0. The van der Waals surface area contributed by atoms with E-state index in [1.54, 1.807) is 19.1 Å². The quantitative estimate of drug-likeness (QED) is 0.517. The first-order valence-electron chi connectivity index (χ1n) is 5.76. The summed E-state index contributed by atoms with van der Waals surface area (Å²) >= 11 is 0. The van der Waals surface area contributed by atoms with Gasteiger partial charge in [0.15, 0.2) is 0 Å². The largest absolute Gasteiger partial charge is 0.488 e. The Kier molecular flexibility index (Phi) is 7.91. The van der Waals surface area contributed by atoms with Gasteiger partial charge in [-0.1, -0.05) is 50.5 Å². The molecule has 0 aromatic heterocycles. The van der Waals surface area contributed by atoms with Crippen LogP contribution in [0.4, 0.5) is 0 Å². The molecule has 0 heterocycles.